The molecule has 3 N–H and O–H groups in total. The van der Waals surface area contributed by atoms with E-state index in [4.69, 9.17) is 5.73 Å². The van der Waals surface area contributed by atoms with Gasteiger partial charge in [0.2, 0.25) is 0 Å². The highest BCUT2D eigenvalue weighted by Gasteiger charge is 2.37. The van der Waals surface area contributed by atoms with Gasteiger partial charge in [-0.1, -0.05) is 0 Å². The zero-order valence-electron chi connectivity index (χ0n) is 9.63. The highest BCUT2D eigenvalue weighted by Crippen LogP contribution is 2.40. The molecule has 17 heavy (non-hydrogen) atoms. The fraction of sp³-hybridized carbons (Fsp3) is 0.308. The van der Waals surface area contributed by atoms with Crippen molar-refractivity contribution in [2.75, 3.05) is 11.1 Å². The van der Waals surface area contributed by atoms with E-state index in [9.17, 15) is 0 Å². The molecule has 0 aliphatic heterocycles. The normalized spacial score (nSPS) is 17.1. The molecule has 0 saturated heterocycles. The molecular formula is C13H14BrN3. The van der Waals surface area contributed by atoms with E-state index >= 15 is 0 Å². The molecule has 3 nitrogen and oxygen atoms in total. The number of benzene rings is 1. The Balaban J connectivity index is 2.15. The van der Waals surface area contributed by atoms with Gasteiger partial charge in [0.25, 0.3) is 0 Å². The van der Waals surface area contributed by atoms with Crippen molar-refractivity contribution < 1.29 is 0 Å². The molecule has 1 heterocycles. The van der Waals surface area contributed by atoms with Crippen LogP contribution in [0, 0.1) is 0 Å². The second-order valence-electron chi connectivity index (χ2n) is 4.94. The van der Waals surface area contributed by atoms with Crippen molar-refractivity contribution >= 4 is 38.2 Å². The average molecular weight is 292 g/mol. The van der Waals surface area contributed by atoms with Crippen LogP contribution >= 0.6 is 15.9 Å². The van der Waals surface area contributed by atoms with Gasteiger partial charge in [-0.2, -0.15) is 0 Å². The molecule has 0 unspecified atom stereocenters. The van der Waals surface area contributed by atoms with Crippen LogP contribution in [-0.2, 0) is 0 Å². The molecule has 1 aromatic carbocycles. The number of pyridine rings is 1. The summed E-state index contributed by atoms with van der Waals surface area (Å²) in [7, 11) is 0. The van der Waals surface area contributed by atoms with Gasteiger partial charge in [0.1, 0.15) is 0 Å². The molecule has 1 aromatic heterocycles. The lowest BCUT2D eigenvalue weighted by atomic mass is 10.1. The summed E-state index contributed by atoms with van der Waals surface area (Å²) in [4.78, 5) is 4.46. The quantitative estimate of drug-likeness (QED) is 0.832. The van der Waals surface area contributed by atoms with Crippen LogP contribution in [0.2, 0.25) is 0 Å². The van der Waals surface area contributed by atoms with Crippen LogP contribution in [0.3, 0.4) is 0 Å². The zero-order chi connectivity index (χ0) is 12.0. The number of hydrogen-bond acceptors (Lipinski definition) is 3. The smallest absolute Gasteiger partial charge is 0.0954 e. The third-order valence-corrected chi connectivity index (χ3v) is 3.72. The Morgan fingerprint density at radius 2 is 2.18 bits per heavy atom. The number of hydrogen-bond donors (Lipinski definition) is 2. The van der Waals surface area contributed by atoms with Gasteiger partial charge in [0, 0.05) is 27.3 Å². The number of rotatable bonds is 2. The molecule has 1 aliphatic rings. The van der Waals surface area contributed by atoms with Crippen molar-refractivity contribution in [2.24, 2.45) is 0 Å². The summed E-state index contributed by atoms with van der Waals surface area (Å²) in [5, 5.41) is 4.54. The molecule has 88 valence electrons. The number of nitrogens with zero attached hydrogens (tertiary/aromatic N) is 1. The van der Waals surface area contributed by atoms with Crippen LogP contribution in [0.1, 0.15) is 19.8 Å². The molecule has 0 bridgehead atoms. The lowest BCUT2D eigenvalue weighted by Crippen LogP contribution is -2.16. The second-order valence-corrected chi connectivity index (χ2v) is 5.85. The Kier molecular flexibility index (Phi) is 2.30. The zero-order valence-corrected chi connectivity index (χ0v) is 11.2. The summed E-state index contributed by atoms with van der Waals surface area (Å²) < 4.78 is 0.950. The lowest BCUT2D eigenvalue weighted by Gasteiger charge is -2.15. The van der Waals surface area contributed by atoms with Crippen LogP contribution in [0.5, 0.6) is 0 Å². The monoisotopic (exact) mass is 291 g/mol. The van der Waals surface area contributed by atoms with E-state index < -0.39 is 0 Å². The number of fused-ring (bicyclic) bond motifs is 1. The Morgan fingerprint density at radius 1 is 1.41 bits per heavy atom. The van der Waals surface area contributed by atoms with Crippen molar-refractivity contribution in [1.82, 2.24) is 4.98 Å². The van der Waals surface area contributed by atoms with Gasteiger partial charge in [0.15, 0.2) is 0 Å². The third kappa shape index (κ3) is 1.97. The first-order valence-electron chi connectivity index (χ1n) is 5.69. The third-order valence-electron chi connectivity index (χ3n) is 3.29. The maximum atomic E-state index is 5.98. The van der Waals surface area contributed by atoms with Gasteiger partial charge in [-0.3, -0.25) is 4.98 Å². The first kappa shape index (κ1) is 10.8. The van der Waals surface area contributed by atoms with Crippen LogP contribution in [-0.4, -0.2) is 10.5 Å². The molecule has 1 fully saturated rings. The minimum Gasteiger partial charge on any atom is -0.398 e. The molecule has 0 amide bonds. The van der Waals surface area contributed by atoms with E-state index in [1.807, 2.05) is 24.4 Å². The minimum absolute atomic E-state index is 0.248. The van der Waals surface area contributed by atoms with E-state index in [2.05, 4.69) is 33.2 Å². The number of halogens is 1. The molecule has 1 saturated carbocycles. The Bertz CT molecular complexity index is 590. The van der Waals surface area contributed by atoms with Gasteiger partial charge in [-0.15, -0.1) is 0 Å². The van der Waals surface area contributed by atoms with E-state index in [0.29, 0.717) is 0 Å². The van der Waals surface area contributed by atoms with Gasteiger partial charge < -0.3 is 11.1 Å². The summed E-state index contributed by atoms with van der Waals surface area (Å²) in [5.74, 6) is 0. The van der Waals surface area contributed by atoms with Crippen molar-refractivity contribution in [2.45, 2.75) is 25.3 Å². The maximum Gasteiger partial charge on any atom is 0.0954 e. The van der Waals surface area contributed by atoms with Crippen LogP contribution in [0.15, 0.2) is 28.9 Å². The summed E-state index contributed by atoms with van der Waals surface area (Å²) in [6.45, 7) is 2.23. The number of nitrogen functional groups attached to an aromatic ring is 1. The first-order chi connectivity index (χ1) is 8.07. The predicted molar refractivity (Wildman–Crippen MR) is 75.1 cm³/mol. The molecule has 0 atom stereocenters. The summed E-state index contributed by atoms with van der Waals surface area (Å²) in [5.41, 5.74) is 9.01. The van der Waals surface area contributed by atoms with E-state index in [1.54, 1.807) is 0 Å². The minimum atomic E-state index is 0.248. The molecule has 3 rings (SSSR count). The molecule has 2 aromatic rings. The van der Waals surface area contributed by atoms with E-state index in [0.717, 1.165) is 26.8 Å². The summed E-state index contributed by atoms with van der Waals surface area (Å²) in [6.07, 6.45) is 4.24. The Morgan fingerprint density at radius 3 is 2.88 bits per heavy atom. The van der Waals surface area contributed by atoms with Crippen molar-refractivity contribution in [3.63, 3.8) is 0 Å². The van der Waals surface area contributed by atoms with Gasteiger partial charge in [-0.25, -0.2) is 0 Å². The molecule has 0 radical (unpaired) electrons. The van der Waals surface area contributed by atoms with Gasteiger partial charge in [-0.05, 0) is 53.9 Å². The van der Waals surface area contributed by atoms with Crippen LogP contribution in [0.25, 0.3) is 10.9 Å². The molecule has 4 heteroatoms. The predicted octanol–water partition coefficient (Wildman–Crippen LogP) is 3.54. The van der Waals surface area contributed by atoms with Gasteiger partial charge >= 0.3 is 0 Å². The van der Waals surface area contributed by atoms with Gasteiger partial charge in [0.05, 0.1) is 11.2 Å². The van der Waals surface area contributed by atoms with Crippen molar-refractivity contribution in [3.05, 3.63) is 28.9 Å². The second kappa shape index (κ2) is 3.60. The number of aromatic nitrogens is 1. The number of nitrogens with two attached hydrogens (primary N) is 1. The van der Waals surface area contributed by atoms with Crippen LogP contribution in [0.4, 0.5) is 11.4 Å². The molecule has 1 aliphatic carbocycles. The first-order valence-corrected chi connectivity index (χ1v) is 6.49. The van der Waals surface area contributed by atoms with E-state index in [1.165, 1.54) is 12.8 Å². The summed E-state index contributed by atoms with van der Waals surface area (Å²) >= 11 is 3.43. The highest BCUT2D eigenvalue weighted by atomic mass is 79.9. The highest BCUT2D eigenvalue weighted by molar-refractivity contribution is 9.10. The average Bonchev–Trinajstić information content (AvgIpc) is 3.01. The fourth-order valence-electron chi connectivity index (χ4n) is 1.95. The van der Waals surface area contributed by atoms with Crippen molar-refractivity contribution in [3.8, 4) is 0 Å². The lowest BCUT2D eigenvalue weighted by molar-refractivity contribution is 0.830. The molecule has 0 spiro atoms. The largest absolute Gasteiger partial charge is 0.398 e. The Hall–Kier alpha value is -1.29. The Labute approximate surface area is 109 Å². The van der Waals surface area contributed by atoms with Crippen molar-refractivity contribution in [1.29, 1.82) is 0 Å². The van der Waals surface area contributed by atoms with E-state index in [-0.39, 0.29) is 5.54 Å². The SMILES string of the molecule is CC1(Nc2ccc(N)c3cc(Br)cnc23)CC1. The standard InChI is InChI=1S/C13H14BrN3/c1-13(4-5-13)17-11-3-2-10(15)9-6-8(14)7-16-12(9)11/h2-3,6-7,17H,4-5,15H2,1H3. The van der Waals surface area contributed by atoms with Crippen LogP contribution < -0.4 is 11.1 Å². The number of anilines is 2. The fourth-order valence-corrected chi connectivity index (χ4v) is 2.29. The number of nitrogens with one attached hydrogen (secondary N) is 1. The molecular weight excluding hydrogens is 278 g/mol. The summed E-state index contributed by atoms with van der Waals surface area (Å²) in [6, 6.07) is 5.96. The topological polar surface area (TPSA) is 50.9 Å². The maximum absolute atomic E-state index is 5.98.